The zero-order valence-corrected chi connectivity index (χ0v) is 14.2. The maximum absolute atomic E-state index is 11.8. The van der Waals surface area contributed by atoms with Crippen LogP contribution in [-0.4, -0.2) is 35.6 Å². The number of nitro benzene ring substituents is 1. The Morgan fingerprint density at radius 3 is 2.70 bits per heavy atom. The maximum atomic E-state index is 11.8. The van der Waals surface area contributed by atoms with E-state index in [1.54, 1.807) is 6.07 Å². The number of nitrogens with zero attached hydrogens (tertiary/aromatic N) is 1. The van der Waals surface area contributed by atoms with Crippen molar-refractivity contribution in [2.45, 2.75) is 0 Å². The van der Waals surface area contributed by atoms with Gasteiger partial charge in [-0.15, -0.1) is 0 Å². The second-order valence-electron chi connectivity index (χ2n) is 5.19. The minimum absolute atomic E-state index is 0.00952. The Hall–Kier alpha value is -3.88. The zero-order chi connectivity index (χ0) is 19.8. The van der Waals surface area contributed by atoms with Crippen molar-refractivity contribution in [1.29, 1.82) is 0 Å². The van der Waals surface area contributed by atoms with Gasteiger partial charge in [-0.3, -0.25) is 14.9 Å². The van der Waals surface area contributed by atoms with Crippen LogP contribution in [0.5, 0.6) is 11.5 Å². The highest BCUT2D eigenvalue weighted by Gasteiger charge is 2.15. The zero-order valence-electron chi connectivity index (χ0n) is 14.2. The first-order valence-corrected chi connectivity index (χ1v) is 7.66. The van der Waals surface area contributed by atoms with Gasteiger partial charge in [0.2, 0.25) is 0 Å². The molecule has 0 spiro atoms. The Bertz CT molecular complexity index is 893. The van der Waals surface area contributed by atoms with Crippen molar-refractivity contribution < 1.29 is 29.1 Å². The molecular formula is C18H16N2O7. The van der Waals surface area contributed by atoms with Crippen LogP contribution in [0, 0.1) is 10.1 Å². The summed E-state index contributed by atoms with van der Waals surface area (Å²) in [4.78, 5) is 33.8. The standard InChI is InChI=1S/C18H16N2O7/c1-26-16-10-12(6-8-15(16)21)7-9-18(23)27-11-17(22)19-13-4-2-3-5-14(13)20(24)25/h2-10,21H,11H2,1H3,(H,19,22)/b9-7+. The number of carbonyl (C=O) groups excluding carboxylic acids is 2. The molecule has 0 fully saturated rings. The summed E-state index contributed by atoms with van der Waals surface area (Å²) in [7, 11) is 1.40. The number of hydrogen-bond acceptors (Lipinski definition) is 7. The smallest absolute Gasteiger partial charge is 0.331 e. The van der Waals surface area contributed by atoms with Gasteiger partial charge in [0, 0.05) is 12.1 Å². The molecule has 9 heteroatoms. The SMILES string of the molecule is COc1cc(/C=C/C(=O)OCC(=O)Nc2ccccc2[N+](=O)[O-])ccc1O. The van der Waals surface area contributed by atoms with E-state index >= 15 is 0 Å². The Labute approximate surface area is 154 Å². The number of nitrogens with one attached hydrogen (secondary N) is 1. The fourth-order valence-electron chi connectivity index (χ4n) is 2.07. The first kappa shape index (κ1) is 19.4. The van der Waals surface area contributed by atoms with Crippen LogP contribution in [-0.2, 0) is 14.3 Å². The second-order valence-corrected chi connectivity index (χ2v) is 5.19. The number of hydrogen-bond donors (Lipinski definition) is 2. The number of carbonyl (C=O) groups is 2. The molecule has 0 saturated heterocycles. The number of benzene rings is 2. The molecule has 0 atom stereocenters. The molecule has 9 nitrogen and oxygen atoms in total. The van der Waals surface area contributed by atoms with Crippen LogP contribution in [0.1, 0.15) is 5.56 Å². The summed E-state index contributed by atoms with van der Waals surface area (Å²) in [6.07, 6.45) is 2.52. The normalized spacial score (nSPS) is 10.4. The monoisotopic (exact) mass is 372 g/mol. The van der Waals surface area contributed by atoms with Crippen LogP contribution in [0.2, 0.25) is 0 Å². The molecule has 0 bridgehead atoms. The average molecular weight is 372 g/mol. The van der Waals surface area contributed by atoms with Crippen LogP contribution >= 0.6 is 0 Å². The molecule has 0 aliphatic heterocycles. The number of rotatable bonds is 7. The van der Waals surface area contributed by atoms with Gasteiger partial charge in [-0.2, -0.15) is 0 Å². The summed E-state index contributed by atoms with van der Waals surface area (Å²) in [6, 6.07) is 10.1. The number of phenolic OH excluding ortho intramolecular Hbond substituents is 1. The van der Waals surface area contributed by atoms with E-state index in [9.17, 15) is 24.8 Å². The van der Waals surface area contributed by atoms with Crippen molar-refractivity contribution in [1.82, 2.24) is 0 Å². The topological polar surface area (TPSA) is 128 Å². The molecule has 0 unspecified atom stereocenters. The number of ether oxygens (including phenoxy) is 2. The van der Waals surface area contributed by atoms with E-state index in [1.807, 2.05) is 0 Å². The van der Waals surface area contributed by atoms with E-state index in [2.05, 4.69) is 5.32 Å². The minimum Gasteiger partial charge on any atom is -0.504 e. The van der Waals surface area contributed by atoms with Crippen LogP contribution < -0.4 is 10.1 Å². The Kier molecular flexibility index (Phi) is 6.48. The van der Waals surface area contributed by atoms with E-state index < -0.39 is 23.4 Å². The molecule has 0 aromatic heterocycles. The van der Waals surface area contributed by atoms with E-state index in [4.69, 9.17) is 9.47 Å². The lowest BCUT2D eigenvalue weighted by Gasteiger charge is -2.06. The summed E-state index contributed by atoms with van der Waals surface area (Å²) in [5.74, 6) is -1.28. The molecule has 0 aliphatic carbocycles. The Balaban J connectivity index is 1.90. The molecule has 2 N–H and O–H groups in total. The minimum atomic E-state index is -0.778. The lowest BCUT2D eigenvalue weighted by atomic mass is 10.2. The Morgan fingerprint density at radius 2 is 2.00 bits per heavy atom. The van der Waals surface area contributed by atoms with Crippen molar-refractivity contribution in [3.8, 4) is 11.5 Å². The van der Waals surface area contributed by atoms with Crippen molar-refractivity contribution >= 4 is 29.3 Å². The van der Waals surface area contributed by atoms with Crippen LogP contribution in [0.3, 0.4) is 0 Å². The molecule has 0 aliphatic rings. The first-order chi connectivity index (χ1) is 12.9. The summed E-state index contributed by atoms with van der Waals surface area (Å²) in [6.45, 7) is -0.603. The van der Waals surface area contributed by atoms with Gasteiger partial charge in [0.05, 0.1) is 12.0 Å². The highest BCUT2D eigenvalue weighted by Crippen LogP contribution is 2.26. The first-order valence-electron chi connectivity index (χ1n) is 7.66. The third kappa shape index (κ3) is 5.56. The molecule has 1 amide bonds. The number of esters is 1. The maximum Gasteiger partial charge on any atom is 0.331 e. The number of amides is 1. The summed E-state index contributed by atoms with van der Waals surface area (Å²) >= 11 is 0. The third-order valence-electron chi connectivity index (χ3n) is 3.34. The summed E-state index contributed by atoms with van der Waals surface area (Å²) < 4.78 is 9.74. The predicted octanol–water partition coefficient (Wildman–Crippen LogP) is 2.50. The molecule has 2 rings (SSSR count). The quantitative estimate of drug-likeness (QED) is 0.331. The van der Waals surface area contributed by atoms with Crippen LogP contribution in [0.4, 0.5) is 11.4 Å². The van der Waals surface area contributed by atoms with Gasteiger partial charge < -0.3 is 19.9 Å². The molecule has 27 heavy (non-hydrogen) atoms. The molecule has 140 valence electrons. The highest BCUT2D eigenvalue weighted by atomic mass is 16.6. The fourth-order valence-corrected chi connectivity index (χ4v) is 2.07. The van der Waals surface area contributed by atoms with Gasteiger partial charge in [0.15, 0.2) is 18.1 Å². The van der Waals surface area contributed by atoms with Gasteiger partial charge in [-0.1, -0.05) is 18.2 Å². The summed E-state index contributed by atoms with van der Waals surface area (Å²) in [5.41, 5.74) is 0.319. The highest BCUT2D eigenvalue weighted by molar-refractivity contribution is 5.96. The fraction of sp³-hybridized carbons (Fsp3) is 0.111. The van der Waals surface area contributed by atoms with Crippen LogP contribution in [0.15, 0.2) is 48.5 Å². The van der Waals surface area contributed by atoms with Crippen molar-refractivity contribution in [2.24, 2.45) is 0 Å². The lowest BCUT2D eigenvalue weighted by Crippen LogP contribution is -2.20. The van der Waals surface area contributed by atoms with Gasteiger partial charge in [-0.25, -0.2) is 4.79 Å². The predicted molar refractivity (Wildman–Crippen MR) is 96.4 cm³/mol. The number of aromatic hydroxyl groups is 1. The lowest BCUT2D eigenvalue weighted by molar-refractivity contribution is -0.383. The number of para-hydroxylation sites is 2. The molecule has 0 radical (unpaired) electrons. The summed E-state index contributed by atoms with van der Waals surface area (Å²) in [5, 5.41) is 22.7. The van der Waals surface area contributed by atoms with E-state index in [0.29, 0.717) is 5.56 Å². The van der Waals surface area contributed by atoms with Gasteiger partial charge in [0.1, 0.15) is 5.69 Å². The van der Waals surface area contributed by atoms with E-state index in [-0.39, 0.29) is 22.9 Å². The Morgan fingerprint density at radius 1 is 1.26 bits per heavy atom. The van der Waals surface area contributed by atoms with Gasteiger partial charge >= 0.3 is 5.97 Å². The van der Waals surface area contributed by atoms with E-state index in [0.717, 1.165) is 6.08 Å². The number of phenols is 1. The van der Waals surface area contributed by atoms with Crippen molar-refractivity contribution in [3.05, 3.63) is 64.2 Å². The van der Waals surface area contributed by atoms with Crippen molar-refractivity contribution in [2.75, 3.05) is 19.0 Å². The van der Waals surface area contributed by atoms with Gasteiger partial charge in [-0.05, 0) is 29.8 Å². The molecular weight excluding hydrogens is 356 g/mol. The molecule has 0 heterocycles. The molecule has 2 aromatic carbocycles. The van der Waals surface area contributed by atoms with E-state index in [1.165, 1.54) is 49.6 Å². The van der Waals surface area contributed by atoms with Crippen molar-refractivity contribution in [3.63, 3.8) is 0 Å². The number of methoxy groups -OCH3 is 1. The second kappa shape index (κ2) is 8.99. The third-order valence-corrected chi connectivity index (χ3v) is 3.34. The average Bonchev–Trinajstić information content (AvgIpc) is 2.66. The number of anilines is 1. The molecule has 2 aromatic rings. The molecule has 0 saturated carbocycles. The van der Waals surface area contributed by atoms with Gasteiger partial charge in [0.25, 0.3) is 11.6 Å². The number of nitro groups is 1. The largest absolute Gasteiger partial charge is 0.504 e. The van der Waals surface area contributed by atoms with Crippen LogP contribution in [0.25, 0.3) is 6.08 Å².